The zero-order valence-electron chi connectivity index (χ0n) is 54.3. The van der Waals surface area contributed by atoms with E-state index >= 15 is 0 Å². The maximum Gasteiger partial charge on any atom is 0.410 e. The minimum Gasteiger partial charge on any atom is -0.449 e. The Bertz CT molecular complexity index is 3790. The highest BCUT2D eigenvalue weighted by molar-refractivity contribution is 6.61. The quantitative estimate of drug-likeness (QED) is 0.0377. The van der Waals surface area contributed by atoms with E-state index in [1.165, 1.54) is 24.3 Å². The van der Waals surface area contributed by atoms with E-state index in [4.69, 9.17) is 16.3 Å². The third-order valence-electron chi connectivity index (χ3n) is 17.6. The number of ether oxygens (including phenoxy) is 2. The number of rotatable bonds is 24. The number of carbonyl (C=O) groups excluding carboxylic acids is 6. The minimum absolute atomic E-state index is 0. The Morgan fingerprint density at radius 3 is 1.43 bits per heavy atom. The largest absolute Gasteiger partial charge is 0.449 e. The SMILES string of the molecule is C.CN1CCN(C(=O)[C@@H](CCCN(C(=O)OCc2ccccc2)[C@@H]2C[C@H]2c2ccc(F)cc2)NC(=O)c2ccc(-n3ccnn3)cc2)CC1.CN1CCN(C(=O)[C@@H](CCCN[C@@H]2C[C@H]2c2ccc(F)cc2)NC(=O)c2ccc(-n3ccnn3)cc2)CC1.O=C(Cl)OCc1ccccc1. The fraction of sp³-hybridized carbons (Fsp3) is 0.370. The molecule has 22 nitrogen and oxygen atoms in total. The maximum absolute atomic E-state index is 13.8. The first-order valence-electron chi connectivity index (χ1n) is 32.7. The van der Waals surface area contributed by atoms with Gasteiger partial charge in [-0.1, -0.05) is 103 Å². The molecular weight excluding hydrogens is 1270 g/mol. The maximum atomic E-state index is 13.8. The second kappa shape index (κ2) is 36.0. The second-order valence-corrected chi connectivity index (χ2v) is 24.9. The second-order valence-electron chi connectivity index (χ2n) is 24.5. The van der Waals surface area contributed by atoms with Gasteiger partial charge in [0.25, 0.3) is 11.8 Å². The summed E-state index contributed by atoms with van der Waals surface area (Å²) in [5, 5.41) is 25.1. The topological polar surface area (TPSA) is 235 Å². The third kappa shape index (κ3) is 21.4. The molecule has 2 aromatic heterocycles. The molecule has 98 heavy (non-hydrogen) atoms. The smallest absolute Gasteiger partial charge is 0.410 e. The van der Waals surface area contributed by atoms with Gasteiger partial charge in [0.2, 0.25) is 11.8 Å². The van der Waals surface area contributed by atoms with Crippen molar-refractivity contribution in [3.63, 3.8) is 0 Å². The van der Waals surface area contributed by atoms with Gasteiger partial charge in [0.1, 0.15) is 36.9 Å². The summed E-state index contributed by atoms with van der Waals surface area (Å²) in [4.78, 5) is 87.1. The molecule has 4 aliphatic rings. The van der Waals surface area contributed by atoms with Crippen molar-refractivity contribution >= 4 is 46.8 Å². The molecule has 0 radical (unpaired) electrons. The van der Waals surface area contributed by atoms with E-state index in [1.54, 1.807) is 105 Å². The molecule has 4 heterocycles. The van der Waals surface area contributed by atoms with Crippen molar-refractivity contribution in [2.24, 2.45) is 0 Å². The molecule has 5 amide bonds. The van der Waals surface area contributed by atoms with Crippen molar-refractivity contribution < 1.29 is 47.0 Å². The monoisotopic (exact) mass is 1360 g/mol. The van der Waals surface area contributed by atoms with Gasteiger partial charge in [0.05, 0.1) is 36.2 Å². The van der Waals surface area contributed by atoms with E-state index in [0.717, 1.165) is 85.6 Å². The lowest BCUT2D eigenvalue weighted by Gasteiger charge is -2.35. The number of hydrogen-bond donors (Lipinski definition) is 3. The Labute approximate surface area is 575 Å². The van der Waals surface area contributed by atoms with Crippen LogP contribution in [0.15, 0.2) is 183 Å². The number of likely N-dealkylation sites (N-methyl/N-ethyl adjacent to an activating group) is 2. The van der Waals surface area contributed by atoms with Crippen LogP contribution < -0.4 is 16.0 Å². The number of hydrogen-bond acceptors (Lipinski definition) is 15. The average Bonchev–Trinajstić information content (AvgIpc) is 1.63. The van der Waals surface area contributed by atoms with Crippen LogP contribution in [0.5, 0.6) is 0 Å². The van der Waals surface area contributed by atoms with Crippen LogP contribution in [-0.2, 0) is 32.3 Å². The van der Waals surface area contributed by atoms with Gasteiger partial charge in [-0.15, -0.1) is 10.2 Å². The number of nitrogens with zero attached hydrogens (tertiary/aromatic N) is 11. The van der Waals surface area contributed by atoms with Crippen molar-refractivity contribution in [2.45, 2.75) is 95.2 Å². The summed E-state index contributed by atoms with van der Waals surface area (Å²) in [5.41, 5.74) is 5.62. The molecule has 2 aliphatic heterocycles. The predicted octanol–water partition coefficient (Wildman–Crippen LogP) is 9.66. The van der Waals surface area contributed by atoms with Gasteiger partial charge < -0.3 is 49.9 Å². The molecule has 6 atom stereocenters. The molecule has 0 spiro atoms. The zero-order valence-corrected chi connectivity index (χ0v) is 55.1. The number of piperazine rings is 2. The first-order chi connectivity index (χ1) is 47.1. The minimum atomic E-state index is -0.773. The number of halogens is 3. The molecule has 6 aromatic carbocycles. The standard InChI is InChI=1S/C36H40FN7O4.C28H34FN7O2.C8H7ClO2.CH4/c1-41-20-22-42(23-21-41)35(46)32(39-34(45)28-11-15-30(16-12-28)44-19-17-38-40-44)8-5-18-43(36(47)48-25-26-6-3-2-4-7-26)33-24-31(33)27-9-13-29(37)14-10-27;1-34-15-17-35(18-16-34)28(38)25(3-2-12-30-26-19-24(26)20-4-8-22(29)9-5-20)32-27(37)21-6-10-23(11-7-21)36-14-13-31-33-36;9-8(10)11-6-7-4-2-1-3-5-7;/h2-4,6-7,9-17,19,31-33H,5,8,18,20-25H2,1H3,(H,39,45);4-11,13-14,24-26,30H,2-3,12,15-19H2,1H3,(H,32,37);1-5H,6H2;1H4/t31-,32+,33+;24-,25+,26+;;/m00../s1. The molecule has 12 rings (SSSR count). The van der Waals surface area contributed by atoms with Gasteiger partial charge in [-0.05, 0) is 154 Å². The van der Waals surface area contributed by atoms with Crippen LogP contribution in [0.25, 0.3) is 11.4 Å². The summed E-state index contributed by atoms with van der Waals surface area (Å²) >= 11 is 4.97. The van der Waals surface area contributed by atoms with Crippen molar-refractivity contribution in [3.8, 4) is 11.4 Å². The van der Waals surface area contributed by atoms with Gasteiger partial charge >= 0.3 is 11.5 Å². The van der Waals surface area contributed by atoms with Gasteiger partial charge in [-0.3, -0.25) is 19.2 Å². The Hall–Kier alpha value is -9.75. The Balaban J connectivity index is 0.000000200. The molecule has 2 aliphatic carbocycles. The van der Waals surface area contributed by atoms with Crippen LogP contribution in [0.4, 0.5) is 18.4 Å². The van der Waals surface area contributed by atoms with Crippen LogP contribution >= 0.6 is 11.6 Å². The van der Waals surface area contributed by atoms with Gasteiger partial charge in [0.15, 0.2) is 0 Å². The molecule has 3 N–H and O–H groups in total. The lowest BCUT2D eigenvalue weighted by Crippen LogP contribution is -2.54. The van der Waals surface area contributed by atoms with Gasteiger partial charge in [-0.2, -0.15) is 0 Å². The summed E-state index contributed by atoms with van der Waals surface area (Å²) in [6, 6.07) is 44.8. The number of aromatic nitrogens is 6. The van der Waals surface area contributed by atoms with E-state index < -0.39 is 23.6 Å². The van der Waals surface area contributed by atoms with Crippen LogP contribution in [0, 0.1) is 11.6 Å². The number of amides is 5. The number of carbonyl (C=O) groups is 6. The molecule has 8 aromatic rings. The Kier molecular flexibility index (Phi) is 26.6. The highest BCUT2D eigenvalue weighted by atomic mass is 35.5. The first kappa shape index (κ1) is 72.5. The van der Waals surface area contributed by atoms with E-state index in [1.807, 2.05) is 91.8 Å². The fourth-order valence-corrected chi connectivity index (χ4v) is 11.8. The average molecular weight is 1360 g/mol. The summed E-state index contributed by atoms with van der Waals surface area (Å²) in [6.45, 7) is 7.09. The highest BCUT2D eigenvalue weighted by Gasteiger charge is 2.45. The van der Waals surface area contributed by atoms with Crippen LogP contribution in [0.3, 0.4) is 0 Å². The molecule has 25 heteroatoms. The molecule has 0 unspecified atom stereocenters. The summed E-state index contributed by atoms with van der Waals surface area (Å²) in [6.07, 6.45) is 10.0. The number of nitrogens with one attached hydrogen (secondary N) is 3. The molecule has 516 valence electrons. The van der Waals surface area contributed by atoms with Crippen LogP contribution in [0.2, 0.25) is 0 Å². The Morgan fingerprint density at radius 1 is 0.551 bits per heavy atom. The summed E-state index contributed by atoms with van der Waals surface area (Å²) < 4.78 is 40.3. The molecule has 2 saturated carbocycles. The van der Waals surface area contributed by atoms with Gasteiger partial charge in [0, 0.05) is 106 Å². The van der Waals surface area contributed by atoms with E-state index in [9.17, 15) is 37.5 Å². The van der Waals surface area contributed by atoms with Crippen LogP contribution in [-0.4, -0.2) is 193 Å². The first-order valence-corrected chi connectivity index (χ1v) is 33.1. The predicted molar refractivity (Wildman–Crippen MR) is 367 cm³/mol. The normalized spacial score (nSPS) is 17.8. The molecule has 4 fully saturated rings. The van der Waals surface area contributed by atoms with Crippen molar-refractivity contribution in [1.82, 2.24) is 70.4 Å². The summed E-state index contributed by atoms with van der Waals surface area (Å²) in [5.74, 6) is -0.843. The number of benzene rings is 6. The molecule has 0 bridgehead atoms. The zero-order chi connectivity index (χ0) is 68.0. The fourth-order valence-electron chi connectivity index (χ4n) is 11.8. The van der Waals surface area contributed by atoms with Crippen molar-refractivity contribution in [3.05, 3.63) is 228 Å². The lowest BCUT2D eigenvalue weighted by molar-refractivity contribution is -0.135. The molecular formula is C73H85ClF2N14O8. The highest BCUT2D eigenvalue weighted by Crippen LogP contribution is 2.45. The third-order valence-corrected chi connectivity index (χ3v) is 17.7. The van der Waals surface area contributed by atoms with E-state index in [0.29, 0.717) is 75.1 Å². The van der Waals surface area contributed by atoms with Crippen molar-refractivity contribution in [2.75, 3.05) is 79.5 Å². The van der Waals surface area contributed by atoms with Gasteiger partial charge in [-0.25, -0.2) is 27.7 Å². The van der Waals surface area contributed by atoms with E-state index in [-0.39, 0.29) is 67.9 Å². The van der Waals surface area contributed by atoms with E-state index in [2.05, 4.69) is 51.1 Å². The van der Waals surface area contributed by atoms with Crippen LogP contribution in [0.1, 0.15) is 101 Å². The van der Waals surface area contributed by atoms with Crippen molar-refractivity contribution in [1.29, 1.82) is 0 Å². The molecule has 2 saturated heterocycles. The lowest BCUT2D eigenvalue weighted by atomic mass is 10.1. The summed E-state index contributed by atoms with van der Waals surface area (Å²) in [7, 11) is 4.07. The Morgan fingerprint density at radius 2 is 0.990 bits per heavy atom.